The molecule has 0 unspecified atom stereocenters. The first-order valence-corrected chi connectivity index (χ1v) is 9.98. The van der Waals surface area contributed by atoms with Crippen LogP contribution in [0.15, 0.2) is 47.8 Å². The molecule has 0 bridgehead atoms. The van der Waals surface area contributed by atoms with Crippen LogP contribution in [-0.4, -0.2) is 42.1 Å². The van der Waals surface area contributed by atoms with Crippen molar-refractivity contribution in [1.82, 2.24) is 9.88 Å². The van der Waals surface area contributed by atoms with Gasteiger partial charge in [0.05, 0.1) is 13.2 Å². The van der Waals surface area contributed by atoms with E-state index >= 15 is 0 Å². The van der Waals surface area contributed by atoms with E-state index in [0.29, 0.717) is 37.7 Å². The molecule has 0 spiro atoms. The van der Waals surface area contributed by atoms with Gasteiger partial charge in [-0.3, -0.25) is 4.79 Å². The van der Waals surface area contributed by atoms with Gasteiger partial charge in [-0.2, -0.15) is 0 Å². The first kappa shape index (κ1) is 19.5. The maximum atomic E-state index is 13.7. The maximum absolute atomic E-state index is 13.7. The Morgan fingerprint density at radius 1 is 1.14 bits per heavy atom. The van der Waals surface area contributed by atoms with Gasteiger partial charge in [0, 0.05) is 29.6 Å². The molecule has 0 aliphatic carbocycles. The Bertz CT molecular complexity index is 1000. The summed E-state index contributed by atoms with van der Waals surface area (Å²) in [6.45, 7) is 2.17. The fraction of sp³-hybridized carbons (Fsp3) is 0.238. The van der Waals surface area contributed by atoms with Crippen LogP contribution in [0.3, 0.4) is 0 Å². The summed E-state index contributed by atoms with van der Waals surface area (Å²) in [5.41, 5.74) is 1.43. The highest BCUT2D eigenvalue weighted by Gasteiger charge is 2.21. The number of thiazole rings is 1. The van der Waals surface area contributed by atoms with Gasteiger partial charge >= 0.3 is 0 Å². The molecule has 1 amide bonds. The molecule has 1 aliphatic rings. The van der Waals surface area contributed by atoms with Gasteiger partial charge < -0.3 is 14.4 Å². The third-order valence-corrected chi connectivity index (χ3v) is 5.42. The number of carbonyl (C=O) groups excluding carboxylic acids is 1. The van der Waals surface area contributed by atoms with Gasteiger partial charge in [0.1, 0.15) is 34.7 Å². The lowest BCUT2D eigenvalue weighted by Crippen LogP contribution is -2.40. The zero-order valence-corrected chi connectivity index (χ0v) is 16.3. The molecule has 2 aromatic carbocycles. The summed E-state index contributed by atoms with van der Waals surface area (Å²) in [7, 11) is 0. The van der Waals surface area contributed by atoms with Crippen molar-refractivity contribution < 1.29 is 23.0 Å². The Morgan fingerprint density at radius 3 is 2.66 bits per heavy atom. The summed E-state index contributed by atoms with van der Waals surface area (Å²) in [5, 5.41) is 2.48. The number of rotatable bonds is 5. The van der Waals surface area contributed by atoms with Gasteiger partial charge in [-0.25, -0.2) is 13.8 Å². The molecule has 0 radical (unpaired) electrons. The van der Waals surface area contributed by atoms with Crippen LogP contribution < -0.4 is 4.74 Å². The molecule has 3 aromatic rings. The third kappa shape index (κ3) is 4.60. The maximum Gasteiger partial charge on any atom is 0.273 e. The lowest BCUT2D eigenvalue weighted by atomic mass is 10.2. The zero-order valence-electron chi connectivity index (χ0n) is 15.4. The molecule has 1 aliphatic heterocycles. The molecule has 0 N–H and O–H groups in total. The van der Waals surface area contributed by atoms with E-state index in [1.54, 1.807) is 22.4 Å². The van der Waals surface area contributed by atoms with E-state index in [1.807, 2.05) is 12.1 Å². The van der Waals surface area contributed by atoms with Gasteiger partial charge in [0.15, 0.2) is 0 Å². The van der Waals surface area contributed by atoms with E-state index in [2.05, 4.69) is 4.98 Å². The van der Waals surface area contributed by atoms with Crippen molar-refractivity contribution in [1.29, 1.82) is 0 Å². The van der Waals surface area contributed by atoms with Gasteiger partial charge in [0.25, 0.3) is 5.91 Å². The van der Waals surface area contributed by atoms with E-state index in [1.165, 1.54) is 11.3 Å². The number of aromatic nitrogens is 1. The van der Waals surface area contributed by atoms with E-state index < -0.39 is 11.6 Å². The number of hydrogen-bond donors (Lipinski definition) is 0. The van der Waals surface area contributed by atoms with Crippen LogP contribution in [0.2, 0.25) is 0 Å². The molecule has 29 heavy (non-hydrogen) atoms. The summed E-state index contributed by atoms with van der Waals surface area (Å²) in [4.78, 5) is 18.7. The number of morpholine rings is 1. The molecule has 5 nitrogen and oxygen atoms in total. The molecule has 4 rings (SSSR count). The quantitative estimate of drug-likeness (QED) is 0.627. The van der Waals surface area contributed by atoms with Crippen LogP contribution in [0.25, 0.3) is 10.6 Å². The average Bonchev–Trinajstić information content (AvgIpc) is 3.25. The minimum Gasteiger partial charge on any atom is -0.489 e. The van der Waals surface area contributed by atoms with Crippen molar-refractivity contribution in [2.24, 2.45) is 0 Å². The largest absolute Gasteiger partial charge is 0.489 e. The molecule has 1 fully saturated rings. The third-order valence-electron chi connectivity index (χ3n) is 4.52. The summed E-state index contributed by atoms with van der Waals surface area (Å²) < 4.78 is 37.7. The van der Waals surface area contributed by atoms with Crippen molar-refractivity contribution >= 4 is 17.2 Å². The predicted octanol–water partition coefficient (Wildman–Crippen LogP) is 4.14. The Labute approximate surface area is 170 Å². The van der Waals surface area contributed by atoms with Crippen molar-refractivity contribution in [3.63, 3.8) is 0 Å². The van der Waals surface area contributed by atoms with Crippen LogP contribution in [0.1, 0.15) is 16.1 Å². The predicted molar refractivity (Wildman–Crippen MR) is 105 cm³/mol. The molecule has 0 atom stereocenters. The highest BCUT2D eigenvalue weighted by molar-refractivity contribution is 7.13. The van der Waals surface area contributed by atoms with Crippen LogP contribution in [0.4, 0.5) is 8.78 Å². The molecular weight excluding hydrogens is 398 g/mol. The van der Waals surface area contributed by atoms with Crippen molar-refractivity contribution in [3.05, 3.63) is 70.7 Å². The molecule has 8 heteroatoms. The first-order valence-electron chi connectivity index (χ1n) is 9.10. The normalized spacial score (nSPS) is 14.1. The number of nitrogens with zero attached hydrogens (tertiary/aromatic N) is 2. The summed E-state index contributed by atoms with van der Waals surface area (Å²) in [5.74, 6) is -0.582. The second kappa shape index (κ2) is 8.67. The SMILES string of the molecule is O=C(c1csc(-c2ccc(OCc3cc(F)ccc3F)cc2)n1)N1CCOCC1. The summed E-state index contributed by atoms with van der Waals surface area (Å²) in [6, 6.07) is 10.4. The fourth-order valence-electron chi connectivity index (χ4n) is 2.94. The topological polar surface area (TPSA) is 51.7 Å². The van der Waals surface area contributed by atoms with E-state index in [-0.39, 0.29) is 18.1 Å². The number of amides is 1. The molecule has 0 saturated carbocycles. The minimum absolute atomic E-state index is 0.0710. The monoisotopic (exact) mass is 416 g/mol. The lowest BCUT2D eigenvalue weighted by Gasteiger charge is -2.25. The Morgan fingerprint density at radius 2 is 1.90 bits per heavy atom. The molecular formula is C21H18F2N2O3S. The Kier molecular flexibility index (Phi) is 5.82. The van der Waals surface area contributed by atoms with Crippen LogP contribution in [0, 0.1) is 11.6 Å². The van der Waals surface area contributed by atoms with E-state index in [4.69, 9.17) is 9.47 Å². The molecule has 150 valence electrons. The molecule has 1 aromatic heterocycles. The number of hydrogen-bond acceptors (Lipinski definition) is 5. The standard InChI is InChI=1S/C21H18F2N2O3S/c22-16-3-6-18(23)15(11-16)12-28-17-4-1-14(2-5-17)20-24-19(13-29-20)21(26)25-7-9-27-10-8-25/h1-6,11,13H,7-10,12H2. The number of halogens is 2. The molecule has 1 saturated heterocycles. The van der Waals surface area contributed by atoms with Gasteiger partial charge in [0.2, 0.25) is 0 Å². The Balaban J connectivity index is 1.41. The fourth-order valence-corrected chi connectivity index (χ4v) is 3.74. The number of benzene rings is 2. The summed E-state index contributed by atoms with van der Waals surface area (Å²) >= 11 is 1.39. The molecule has 2 heterocycles. The van der Waals surface area contributed by atoms with Gasteiger partial charge in [-0.1, -0.05) is 0 Å². The second-order valence-electron chi connectivity index (χ2n) is 6.49. The van der Waals surface area contributed by atoms with E-state index in [0.717, 1.165) is 28.8 Å². The van der Waals surface area contributed by atoms with E-state index in [9.17, 15) is 13.6 Å². The van der Waals surface area contributed by atoms with Gasteiger partial charge in [-0.15, -0.1) is 11.3 Å². The average molecular weight is 416 g/mol. The van der Waals surface area contributed by atoms with Crippen LogP contribution in [0.5, 0.6) is 5.75 Å². The minimum atomic E-state index is -0.511. The second-order valence-corrected chi connectivity index (χ2v) is 7.35. The van der Waals surface area contributed by atoms with Gasteiger partial charge in [-0.05, 0) is 42.5 Å². The summed E-state index contributed by atoms with van der Waals surface area (Å²) in [6.07, 6.45) is 0. The van der Waals surface area contributed by atoms with Crippen LogP contribution >= 0.6 is 11.3 Å². The zero-order chi connectivity index (χ0) is 20.2. The highest BCUT2D eigenvalue weighted by atomic mass is 32.1. The van der Waals surface area contributed by atoms with Crippen molar-refractivity contribution in [3.8, 4) is 16.3 Å². The van der Waals surface area contributed by atoms with Crippen LogP contribution in [-0.2, 0) is 11.3 Å². The number of ether oxygens (including phenoxy) is 2. The van der Waals surface area contributed by atoms with Crippen molar-refractivity contribution in [2.75, 3.05) is 26.3 Å². The Hall–Kier alpha value is -2.84. The smallest absolute Gasteiger partial charge is 0.273 e. The lowest BCUT2D eigenvalue weighted by molar-refractivity contribution is 0.0299. The highest BCUT2D eigenvalue weighted by Crippen LogP contribution is 2.27. The van der Waals surface area contributed by atoms with Crippen molar-refractivity contribution in [2.45, 2.75) is 6.61 Å². The number of carbonyl (C=O) groups is 1. The first-order chi connectivity index (χ1) is 14.1.